The molecule has 1 amide bonds. The van der Waals surface area contributed by atoms with Crippen molar-refractivity contribution in [2.24, 2.45) is 10.4 Å². The maximum absolute atomic E-state index is 14.3. The van der Waals surface area contributed by atoms with Gasteiger partial charge in [-0.3, -0.25) is 9.69 Å². The molecule has 1 unspecified atom stereocenters. The fourth-order valence-corrected chi connectivity index (χ4v) is 5.79. The van der Waals surface area contributed by atoms with Crippen LogP contribution in [0.25, 0.3) is 0 Å². The Kier molecular flexibility index (Phi) is 4.19. The van der Waals surface area contributed by atoms with Gasteiger partial charge in [0.05, 0.1) is 6.10 Å². The van der Waals surface area contributed by atoms with Gasteiger partial charge >= 0.3 is 0 Å². The second-order valence-electron chi connectivity index (χ2n) is 7.82. The number of benzene rings is 1. The molecule has 0 bridgehead atoms. The van der Waals surface area contributed by atoms with Crippen LogP contribution in [0.2, 0.25) is 0 Å². The Morgan fingerprint density at radius 3 is 2.62 bits per heavy atom. The van der Waals surface area contributed by atoms with Gasteiger partial charge in [-0.15, -0.1) is 0 Å². The summed E-state index contributed by atoms with van der Waals surface area (Å²) < 4.78 is 19.8. The Balaban J connectivity index is 1.91. The van der Waals surface area contributed by atoms with E-state index in [1.165, 1.54) is 11.8 Å². The number of likely N-dealkylation sites (N-methyl/N-ethyl adjacent to an activating group) is 1. The highest BCUT2D eigenvalue weighted by Gasteiger charge is 2.66. The van der Waals surface area contributed by atoms with Gasteiger partial charge in [-0.1, -0.05) is 11.8 Å². The number of carbonyl (C=O) groups excluding carboxylic acids is 1. The van der Waals surface area contributed by atoms with E-state index >= 15 is 0 Å². The molecule has 1 aliphatic heterocycles. The van der Waals surface area contributed by atoms with E-state index in [1.54, 1.807) is 32.0 Å². The van der Waals surface area contributed by atoms with Crippen LogP contribution < -0.4 is 0 Å². The zero-order chi connectivity index (χ0) is 18.7. The molecule has 2 aliphatic carbocycles. The predicted molar refractivity (Wildman–Crippen MR) is 102 cm³/mol. The van der Waals surface area contributed by atoms with Crippen LogP contribution in [-0.2, 0) is 21.5 Å². The first-order valence-corrected chi connectivity index (χ1v) is 10.4. The molecule has 4 nitrogen and oxygen atoms in total. The van der Waals surface area contributed by atoms with E-state index in [9.17, 15) is 9.18 Å². The zero-order valence-electron chi connectivity index (χ0n) is 15.8. The monoisotopic (exact) mass is 376 g/mol. The molecule has 4 rings (SSSR count). The van der Waals surface area contributed by atoms with Crippen LogP contribution in [-0.4, -0.2) is 42.5 Å². The van der Waals surface area contributed by atoms with Gasteiger partial charge in [-0.2, -0.15) is 0 Å². The average Bonchev–Trinajstić information content (AvgIpc) is 3.04. The van der Waals surface area contributed by atoms with E-state index in [0.29, 0.717) is 12.0 Å². The van der Waals surface area contributed by atoms with Gasteiger partial charge in [0.25, 0.3) is 5.91 Å². The molecule has 1 atom stereocenters. The van der Waals surface area contributed by atoms with E-state index in [2.05, 4.69) is 0 Å². The van der Waals surface area contributed by atoms with Gasteiger partial charge in [-0.05, 0) is 74.1 Å². The summed E-state index contributed by atoms with van der Waals surface area (Å²) in [6, 6.07) is 3.49. The van der Waals surface area contributed by atoms with Crippen molar-refractivity contribution < 1.29 is 13.9 Å². The number of carbonyl (C=O) groups is 1. The summed E-state index contributed by atoms with van der Waals surface area (Å²) >= 11 is 1.50. The summed E-state index contributed by atoms with van der Waals surface area (Å²) in [5.74, 6) is -0.170. The molecule has 1 aromatic carbocycles. The number of hydrogen-bond acceptors (Lipinski definition) is 4. The van der Waals surface area contributed by atoms with Crippen molar-refractivity contribution in [2.45, 2.75) is 50.7 Å². The molecule has 0 aromatic heterocycles. The maximum Gasteiger partial charge on any atom is 0.261 e. The SMILES string of the molecule is COC1CCC2(CC1)Cc1cc(F)c(C)cc1C21N=C(SC)N(C)C1=O. The molecule has 1 fully saturated rings. The molecule has 3 aliphatic rings. The Labute approximate surface area is 158 Å². The topological polar surface area (TPSA) is 41.9 Å². The number of amides is 1. The quantitative estimate of drug-likeness (QED) is 0.751. The molecule has 1 saturated carbocycles. The maximum atomic E-state index is 14.3. The second-order valence-corrected chi connectivity index (χ2v) is 8.60. The fraction of sp³-hybridized carbons (Fsp3) is 0.600. The number of thioether (sulfide) groups is 1. The lowest BCUT2D eigenvalue weighted by molar-refractivity contribution is -0.137. The second kappa shape index (κ2) is 6.06. The van der Waals surface area contributed by atoms with Crippen LogP contribution in [0.3, 0.4) is 0 Å². The van der Waals surface area contributed by atoms with Crippen molar-refractivity contribution in [3.63, 3.8) is 0 Å². The molecule has 0 radical (unpaired) electrons. The number of fused-ring (bicyclic) bond motifs is 3. The lowest BCUT2D eigenvalue weighted by atomic mass is 9.61. The number of methoxy groups -OCH3 is 1. The third-order valence-electron chi connectivity index (χ3n) is 6.64. The minimum Gasteiger partial charge on any atom is -0.381 e. The molecule has 0 N–H and O–H groups in total. The number of aryl methyl sites for hydroxylation is 1. The summed E-state index contributed by atoms with van der Waals surface area (Å²) in [6.45, 7) is 1.76. The van der Waals surface area contributed by atoms with Gasteiger partial charge in [0.15, 0.2) is 10.7 Å². The number of halogens is 1. The Morgan fingerprint density at radius 2 is 2.04 bits per heavy atom. The van der Waals surface area contributed by atoms with E-state index < -0.39 is 5.54 Å². The molecule has 1 heterocycles. The normalized spacial score (nSPS) is 33.3. The van der Waals surface area contributed by atoms with Crippen LogP contribution in [0.5, 0.6) is 0 Å². The number of aliphatic imine (C=N–C) groups is 1. The number of amidine groups is 1. The first kappa shape index (κ1) is 18.0. The van der Waals surface area contributed by atoms with Crippen molar-refractivity contribution in [1.82, 2.24) is 4.90 Å². The summed E-state index contributed by atoms with van der Waals surface area (Å²) in [4.78, 5) is 20.3. The highest BCUT2D eigenvalue weighted by atomic mass is 32.2. The number of nitrogens with zero attached hydrogens (tertiary/aromatic N) is 2. The summed E-state index contributed by atoms with van der Waals surface area (Å²) in [6.07, 6.45) is 6.45. The minimum atomic E-state index is -0.910. The molecule has 0 saturated heterocycles. The van der Waals surface area contributed by atoms with E-state index in [-0.39, 0.29) is 23.2 Å². The van der Waals surface area contributed by atoms with Gasteiger partial charge in [-0.25, -0.2) is 9.38 Å². The highest BCUT2D eigenvalue weighted by molar-refractivity contribution is 8.13. The molecule has 26 heavy (non-hydrogen) atoms. The van der Waals surface area contributed by atoms with E-state index in [0.717, 1.165) is 42.0 Å². The van der Waals surface area contributed by atoms with Crippen molar-refractivity contribution in [3.05, 3.63) is 34.6 Å². The first-order valence-electron chi connectivity index (χ1n) is 9.13. The average molecular weight is 376 g/mol. The highest BCUT2D eigenvalue weighted by Crippen LogP contribution is 2.62. The van der Waals surface area contributed by atoms with Gasteiger partial charge in [0.2, 0.25) is 0 Å². The van der Waals surface area contributed by atoms with Crippen LogP contribution in [0.4, 0.5) is 4.39 Å². The van der Waals surface area contributed by atoms with Crippen molar-refractivity contribution in [1.29, 1.82) is 0 Å². The van der Waals surface area contributed by atoms with Crippen molar-refractivity contribution in [3.8, 4) is 0 Å². The predicted octanol–water partition coefficient (Wildman–Crippen LogP) is 3.65. The Hall–Kier alpha value is -1.40. The largest absolute Gasteiger partial charge is 0.381 e. The Bertz CT molecular complexity index is 801. The van der Waals surface area contributed by atoms with Gasteiger partial charge in [0.1, 0.15) is 5.82 Å². The molecule has 2 spiro atoms. The lowest BCUT2D eigenvalue weighted by Crippen LogP contribution is -2.51. The third kappa shape index (κ3) is 2.18. The number of ether oxygens (including phenoxy) is 1. The summed E-state index contributed by atoms with van der Waals surface area (Å²) in [5.41, 5.74) is 1.24. The summed E-state index contributed by atoms with van der Waals surface area (Å²) in [5, 5.41) is 0.748. The smallest absolute Gasteiger partial charge is 0.261 e. The van der Waals surface area contributed by atoms with Gasteiger partial charge < -0.3 is 4.74 Å². The standard InChI is InChI=1S/C20H25FN2O2S/c1-12-9-15-13(10-16(12)21)11-19(7-5-14(25-3)6-8-19)20(15)17(24)23(2)18(22-20)26-4/h9-10,14H,5-8,11H2,1-4H3. The zero-order valence-corrected chi connectivity index (χ0v) is 16.6. The summed E-state index contributed by atoms with van der Waals surface area (Å²) in [7, 11) is 3.55. The number of rotatable bonds is 1. The fourth-order valence-electron chi connectivity index (χ4n) is 5.20. The first-order chi connectivity index (χ1) is 12.4. The van der Waals surface area contributed by atoms with Crippen LogP contribution in [0, 0.1) is 18.2 Å². The van der Waals surface area contributed by atoms with Crippen molar-refractivity contribution in [2.75, 3.05) is 20.4 Å². The molecule has 1 aromatic rings. The van der Waals surface area contributed by atoms with Gasteiger partial charge in [0, 0.05) is 19.6 Å². The van der Waals surface area contributed by atoms with Crippen LogP contribution in [0.1, 0.15) is 42.4 Å². The van der Waals surface area contributed by atoms with Crippen molar-refractivity contribution >= 4 is 22.8 Å². The molecule has 140 valence electrons. The molecule has 6 heteroatoms. The van der Waals surface area contributed by atoms with Crippen LogP contribution in [0.15, 0.2) is 17.1 Å². The molecular formula is C20H25FN2O2S. The van der Waals surface area contributed by atoms with E-state index in [1.807, 2.05) is 12.3 Å². The minimum absolute atomic E-state index is 0.0301. The third-order valence-corrected chi connectivity index (χ3v) is 7.37. The van der Waals surface area contributed by atoms with Crippen LogP contribution >= 0.6 is 11.8 Å². The molecular weight excluding hydrogens is 351 g/mol. The Morgan fingerprint density at radius 1 is 1.35 bits per heavy atom. The van der Waals surface area contributed by atoms with E-state index in [4.69, 9.17) is 9.73 Å². The number of hydrogen-bond donors (Lipinski definition) is 0. The lowest BCUT2D eigenvalue weighted by Gasteiger charge is -2.45.